The molecule has 0 unspecified atom stereocenters. The molecular formula is C19H24N4OS. The van der Waals surface area contributed by atoms with Crippen molar-refractivity contribution in [3.05, 3.63) is 59.9 Å². The summed E-state index contributed by atoms with van der Waals surface area (Å²) in [4.78, 5) is 16.7. The summed E-state index contributed by atoms with van der Waals surface area (Å²) in [6.45, 7) is 8.03. The molecule has 0 aliphatic rings. The Kier molecular flexibility index (Phi) is 6.09. The smallest absolute Gasteiger partial charge is 0.253 e. The third-order valence-electron chi connectivity index (χ3n) is 3.73. The highest BCUT2D eigenvalue weighted by Crippen LogP contribution is 2.18. The highest BCUT2D eigenvalue weighted by molar-refractivity contribution is 7.80. The van der Waals surface area contributed by atoms with E-state index in [0.717, 1.165) is 11.3 Å². The zero-order chi connectivity index (χ0) is 18.4. The van der Waals surface area contributed by atoms with Crippen LogP contribution in [0.4, 0.5) is 5.69 Å². The number of aromatic nitrogens is 1. The minimum Gasteiger partial charge on any atom is -0.342 e. The minimum atomic E-state index is -0.337. The van der Waals surface area contributed by atoms with Crippen LogP contribution in [0.5, 0.6) is 0 Å². The Morgan fingerprint density at radius 3 is 2.44 bits per heavy atom. The molecular weight excluding hydrogens is 332 g/mol. The van der Waals surface area contributed by atoms with Gasteiger partial charge in [0, 0.05) is 17.2 Å². The van der Waals surface area contributed by atoms with Gasteiger partial charge in [-0.3, -0.25) is 9.78 Å². The molecule has 0 saturated carbocycles. The molecule has 1 heterocycles. The first-order chi connectivity index (χ1) is 11.8. The molecule has 132 valence electrons. The number of carbonyl (C=O) groups is 1. The lowest BCUT2D eigenvalue weighted by atomic mass is 9.92. The second-order valence-electron chi connectivity index (χ2n) is 6.93. The lowest BCUT2D eigenvalue weighted by molar-refractivity contribution is 0.0894. The van der Waals surface area contributed by atoms with E-state index in [1.165, 1.54) is 0 Å². The van der Waals surface area contributed by atoms with Crippen molar-refractivity contribution >= 4 is 28.9 Å². The molecule has 5 nitrogen and oxygen atoms in total. The van der Waals surface area contributed by atoms with Crippen LogP contribution in [0.15, 0.2) is 48.8 Å². The second-order valence-corrected chi connectivity index (χ2v) is 7.34. The highest BCUT2D eigenvalue weighted by atomic mass is 32.1. The van der Waals surface area contributed by atoms with Crippen LogP contribution >= 0.6 is 12.2 Å². The van der Waals surface area contributed by atoms with Gasteiger partial charge in [0.2, 0.25) is 0 Å². The van der Waals surface area contributed by atoms with Crippen LogP contribution in [0.1, 0.15) is 36.7 Å². The third kappa shape index (κ3) is 5.53. The van der Waals surface area contributed by atoms with Crippen LogP contribution in [-0.2, 0) is 0 Å². The molecule has 3 N–H and O–H groups in total. The largest absolute Gasteiger partial charge is 0.342 e. The predicted octanol–water partition coefficient (Wildman–Crippen LogP) is 3.48. The quantitative estimate of drug-likeness (QED) is 0.578. The van der Waals surface area contributed by atoms with Gasteiger partial charge in [-0.25, -0.2) is 0 Å². The van der Waals surface area contributed by atoms with Gasteiger partial charge in [-0.1, -0.05) is 39.0 Å². The normalized spacial score (nSPS) is 12.2. The average molecular weight is 356 g/mol. The van der Waals surface area contributed by atoms with E-state index in [4.69, 9.17) is 12.2 Å². The van der Waals surface area contributed by atoms with E-state index in [1.54, 1.807) is 12.4 Å². The molecule has 0 bridgehead atoms. The van der Waals surface area contributed by atoms with E-state index in [0.29, 0.717) is 10.7 Å². The molecule has 0 fully saturated rings. The maximum Gasteiger partial charge on any atom is 0.253 e. The number of nitrogens with one attached hydrogen (secondary N) is 3. The molecule has 0 radical (unpaired) electrons. The van der Waals surface area contributed by atoms with Crippen molar-refractivity contribution in [2.24, 2.45) is 5.41 Å². The summed E-state index contributed by atoms with van der Waals surface area (Å²) in [6.07, 6.45) is 3.05. The lowest BCUT2D eigenvalue weighted by Gasteiger charge is -2.33. The lowest BCUT2D eigenvalue weighted by Crippen LogP contribution is -2.56. The number of anilines is 1. The Labute approximate surface area is 154 Å². The van der Waals surface area contributed by atoms with Crippen molar-refractivity contribution < 1.29 is 4.79 Å². The van der Waals surface area contributed by atoms with E-state index < -0.39 is 0 Å². The Hall–Kier alpha value is -2.47. The van der Waals surface area contributed by atoms with Gasteiger partial charge < -0.3 is 16.0 Å². The van der Waals surface area contributed by atoms with Crippen molar-refractivity contribution in [3.8, 4) is 0 Å². The number of nitrogens with zero attached hydrogens (tertiary/aromatic N) is 1. The number of amides is 1. The van der Waals surface area contributed by atoms with E-state index >= 15 is 0 Å². The summed E-state index contributed by atoms with van der Waals surface area (Å²) >= 11 is 5.38. The molecule has 1 amide bonds. The molecule has 1 aromatic carbocycles. The second kappa shape index (κ2) is 8.07. The fourth-order valence-corrected chi connectivity index (χ4v) is 2.48. The molecule has 6 heteroatoms. The van der Waals surface area contributed by atoms with E-state index in [9.17, 15) is 4.79 Å². The first-order valence-electron chi connectivity index (χ1n) is 8.11. The average Bonchev–Trinajstić information content (AvgIpc) is 2.54. The van der Waals surface area contributed by atoms with Crippen LogP contribution in [0.3, 0.4) is 0 Å². The molecule has 1 atom stereocenters. The third-order valence-corrected chi connectivity index (χ3v) is 3.95. The summed E-state index contributed by atoms with van der Waals surface area (Å²) in [6, 6.07) is 11.2. The number of carbonyl (C=O) groups excluding carboxylic acids is 1. The van der Waals surface area contributed by atoms with Gasteiger partial charge in [-0.2, -0.15) is 0 Å². The summed E-state index contributed by atoms with van der Waals surface area (Å²) < 4.78 is 0. The van der Waals surface area contributed by atoms with Crippen molar-refractivity contribution in [1.82, 2.24) is 15.6 Å². The minimum absolute atomic E-state index is 0.130. The van der Waals surface area contributed by atoms with E-state index in [-0.39, 0.29) is 17.5 Å². The number of rotatable bonds is 4. The first kappa shape index (κ1) is 18.9. The van der Waals surface area contributed by atoms with Crippen molar-refractivity contribution in [3.63, 3.8) is 0 Å². The summed E-state index contributed by atoms with van der Waals surface area (Å²) in [5.74, 6) is -0.130. The monoisotopic (exact) mass is 356 g/mol. The first-order valence-corrected chi connectivity index (χ1v) is 8.52. The topological polar surface area (TPSA) is 66.1 Å². The SMILES string of the molecule is Cc1ccccc1C(=O)N[C@H](NC(=S)Nc1cccnc1)C(C)(C)C. The summed E-state index contributed by atoms with van der Waals surface area (Å²) in [7, 11) is 0. The van der Waals surface area contributed by atoms with Crippen molar-refractivity contribution in [1.29, 1.82) is 0 Å². The van der Waals surface area contributed by atoms with Crippen LogP contribution in [0.25, 0.3) is 0 Å². The zero-order valence-electron chi connectivity index (χ0n) is 15.0. The molecule has 2 aromatic rings. The predicted molar refractivity (Wildman–Crippen MR) is 105 cm³/mol. The maximum atomic E-state index is 12.6. The van der Waals surface area contributed by atoms with E-state index in [1.807, 2.05) is 64.1 Å². The molecule has 0 spiro atoms. The van der Waals surface area contributed by atoms with E-state index in [2.05, 4.69) is 20.9 Å². The fourth-order valence-electron chi connectivity index (χ4n) is 2.24. The number of hydrogen-bond donors (Lipinski definition) is 3. The Bertz CT molecular complexity index is 741. The zero-order valence-corrected chi connectivity index (χ0v) is 15.8. The number of benzene rings is 1. The van der Waals surface area contributed by atoms with Crippen LogP contribution in [0, 0.1) is 12.3 Å². The maximum absolute atomic E-state index is 12.6. The van der Waals surface area contributed by atoms with Crippen LogP contribution in [-0.4, -0.2) is 22.2 Å². The highest BCUT2D eigenvalue weighted by Gasteiger charge is 2.27. The molecule has 25 heavy (non-hydrogen) atoms. The summed E-state index contributed by atoms with van der Waals surface area (Å²) in [5, 5.41) is 9.73. The molecule has 0 aliphatic heterocycles. The number of aryl methyl sites for hydroxylation is 1. The van der Waals surface area contributed by atoms with Gasteiger partial charge in [0.15, 0.2) is 5.11 Å². The van der Waals surface area contributed by atoms with Crippen molar-refractivity contribution in [2.75, 3.05) is 5.32 Å². The number of thiocarbonyl (C=S) groups is 1. The van der Waals surface area contributed by atoms with Gasteiger partial charge >= 0.3 is 0 Å². The van der Waals surface area contributed by atoms with Gasteiger partial charge in [0.25, 0.3) is 5.91 Å². The fraction of sp³-hybridized carbons (Fsp3) is 0.316. The Balaban J connectivity index is 2.08. The standard InChI is InChI=1S/C19H24N4OS/c1-13-8-5-6-10-15(13)16(24)22-17(19(2,3)4)23-18(25)21-14-9-7-11-20-12-14/h5-12,17H,1-4H3,(H,22,24)(H2,21,23,25)/t17-/m1/s1. The number of hydrogen-bond acceptors (Lipinski definition) is 3. The Morgan fingerprint density at radius 1 is 1.12 bits per heavy atom. The van der Waals surface area contributed by atoms with Gasteiger partial charge in [0.05, 0.1) is 11.9 Å². The molecule has 2 rings (SSSR count). The van der Waals surface area contributed by atoms with Crippen molar-refractivity contribution in [2.45, 2.75) is 33.9 Å². The molecule has 0 saturated heterocycles. The van der Waals surface area contributed by atoms with Crippen LogP contribution < -0.4 is 16.0 Å². The van der Waals surface area contributed by atoms with Crippen LogP contribution in [0.2, 0.25) is 0 Å². The van der Waals surface area contributed by atoms with Gasteiger partial charge in [0.1, 0.15) is 6.17 Å². The summed E-state index contributed by atoms with van der Waals surface area (Å²) in [5.41, 5.74) is 2.14. The Morgan fingerprint density at radius 2 is 1.84 bits per heavy atom. The van der Waals surface area contributed by atoms with Gasteiger partial charge in [-0.15, -0.1) is 0 Å². The molecule has 0 aliphatic carbocycles. The molecule has 1 aromatic heterocycles. The number of pyridine rings is 1. The van der Waals surface area contributed by atoms with Gasteiger partial charge in [-0.05, 0) is 42.9 Å².